The predicted molar refractivity (Wildman–Crippen MR) is 68.9 cm³/mol. The maximum Gasteiger partial charge on any atom is 0.423 e. The van der Waals surface area contributed by atoms with Crippen molar-refractivity contribution in [1.82, 2.24) is 0 Å². The van der Waals surface area contributed by atoms with Crippen molar-refractivity contribution in [3.05, 3.63) is 57.5 Å². The first-order valence-corrected chi connectivity index (χ1v) is 5.92. The lowest BCUT2D eigenvalue weighted by molar-refractivity contribution is -0.388. The molecule has 0 amide bonds. The van der Waals surface area contributed by atoms with E-state index in [-0.39, 0.29) is 12.2 Å². The van der Waals surface area contributed by atoms with Gasteiger partial charge in [-0.05, 0) is 31.2 Å². The van der Waals surface area contributed by atoms with Crippen molar-refractivity contribution in [2.45, 2.75) is 19.6 Å². The van der Waals surface area contributed by atoms with Crippen molar-refractivity contribution in [3.8, 4) is 0 Å². The summed E-state index contributed by atoms with van der Waals surface area (Å²) in [7, 11) is 0. The van der Waals surface area contributed by atoms with Crippen LogP contribution in [0.2, 0.25) is 0 Å². The summed E-state index contributed by atoms with van der Waals surface area (Å²) in [5.74, 6) is 1.24. The fourth-order valence-corrected chi connectivity index (χ4v) is 1.80. The van der Waals surface area contributed by atoms with Crippen LogP contribution in [0.25, 0.3) is 0 Å². The molecule has 112 valence electrons. The van der Waals surface area contributed by atoms with Gasteiger partial charge in [0.05, 0.1) is 11.5 Å². The molecule has 0 saturated heterocycles. The molecule has 0 radical (unpaired) electrons. The van der Waals surface area contributed by atoms with Gasteiger partial charge in [-0.25, -0.2) is 0 Å². The van der Waals surface area contributed by atoms with Crippen LogP contribution in [0, 0.1) is 17.0 Å². The fourth-order valence-electron chi connectivity index (χ4n) is 1.80. The SMILES string of the molecule is Cc1ccc(CNc2ccc([N+](=O)[O-])c(C(F)(F)F)c2)o1. The molecule has 8 heteroatoms. The van der Waals surface area contributed by atoms with E-state index in [1.54, 1.807) is 19.1 Å². The van der Waals surface area contributed by atoms with Gasteiger partial charge in [0.2, 0.25) is 0 Å². The van der Waals surface area contributed by atoms with Gasteiger partial charge in [-0.15, -0.1) is 0 Å². The zero-order chi connectivity index (χ0) is 15.6. The smallest absolute Gasteiger partial charge is 0.423 e. The first-order chi connectivity index (χ1) is 9.77. The highest BCUT2D eigenvalue weighted by Gasteiger charge is 2.38. The molecule has 0 fully saturated rings. The van der Waals surface area contributed by atoms with E-state index in [1.165, 1.54) is 6.07 Å². The normalized spacial score (nSPS) is 11.4. The fraction of sp³-hybridized carbons (Fsp3) is 0.231. The van der Waals surface area contributed by atoms with E-state index in [1.807, 2.05) is 0 Å². The number of alkyl halides is 3. The van der Waals surface area contributed by atoms with Gasteiger partial charge in [0, 0.05) is 11.8 Å². The Bertz CT molecular complexity index is 665. The Morgan fingerprint density at radius 2 is 2.00 bits per heavy atom. The summed E-state index contributed by atoms with van der Waals surface area (Å²) in [5, 5.41) is 13.4. The second-order valence-corrected chi connectivity index (χ2v) is 4.35. The van der Waals surface area contributed by atoms with Gasteiger partial charge in [0.15, 0.2) is 0 Å². The molecule has 0 aliphatic carbocycles. The summed E-state index contributed by atoms with van der Waals surface area (Å²) in [6, 6.07) is 6.20. The number of anilines is 1. The van der Waals surface area contributed by atoms with E-state index in [0.717, 1.165) is 6.07 Å². The molecule has 0 aliphatic rings. The predicted octanol–water partition coefficient (Wildman–Crippen LogP) is 4.13. The molecule has 0 unspecified atom stereocenters. The maximum absolute atomic E-state index is 12.8. The molecule has 0 saturated carbocycles. The molecule has 0 bridgehead atoms. The van der Waals surface area contributed by atoms with Gasteiger partial charge in [0.25, 0.3) is 5.69 Å². The molecule has 0 atom stereocenters. The highest BCUT2D eigenvalue weighted by Crippen LogP contribution is 2.37. The molecule has 5 nitrogen and oxygen atoms in total. The van der Waals surface area contributed by atoms with Gasteiger partial charge in [-0.1, -0.05) is 0 Å². The molecular weight excluding hydrogens is 289 g/mol. The Labute approximate surface area is 117 Å². The van der Waals surface area contributed by atoms with Gasteiger partial charge >= 0.3 is 6.18 Å². The monoisotopic (exact) mass is 300 g/mol. The van der Waals surface area contributed by atoms with Crippen molar-refractivity contribution in [1.29, 1.82) is 0 Å². The number of nitrogens with zero attached hydrogens (tertiary/aromatic N) is 1. The van der Waals surface area contributed by atoms with Crippen LogP contribution in [-0.2, 0) is 12.7 Å². The number of hydrogen-bond donors (Lipinski definition) is 1. The summed E-state index contributed by atoms with van der Waals surface area (Å²) in [6.07, 6.45) is -4.79. The summed E-state index contributed by atoms with van der Waals surface area (Å²) in [6.45, 7) is 1.93. The third-order valence-electron chi connectivity index (χ3n) is 2.76. The topological polar surface area (TPSA) is 68.3 Å². The van der Waals surface area contributed by atoms with E-state index >= 15 is 0 Å². The van der Waals surface area contributed by atoms with Crippen molar-refractivity contribution < 1.29 is 22.5 Å². The summed E-state index contributed by atoms with van der Waals surface area (Å²) in [4.78, 5) is 9.58. The van der Waals surface area contributed by atoms with Gasteiger partial charge < -0.3 is 9.73 Å². The van der Waals surface area contributed by atoms with E-state index in [9.17, 15) is 23.3 Å². The van der Waals surface area contributed by atoms with Crippen LogP contribution in [0.4, 0.5) is 24.5 Å². The number of halogens is 3. The van der Waals surface area contributed by atoms with E-state index in [4.69, 9.17) is 4.42 Å². The van der Waals surface area contributed by atoms with E-state index < -0.39 is 22.4 Å². The zero-order valence-corrected chi connectivity index (χ0v) is 10.9. The van der Waals surface area contributed by atoms with Crippen LogP contribution in [0.1, 0.15) is 17.1 Å². The van der Waals surface area contributed by atoms with Crippen molar-refractivity contribution in [2.75, 3.05) is 5.32 Å². The van der Waals surface area contributed by atoms with Crippen LogP contribution in [-0.4, -0.2) is 4.92 Å². The van der Waals surface area contributed by atoms with E-state index in [2.05, 4.69) is 5.32 Å². The van der Waals surface area contributed by atoms with Crippen molar-refractivity contribution >= 4 is 11.4 Å². The van der Waals surface area contributed by atoms with Gasteiger partial charge in [-0.3, -0.25) is 10.1 Å². The number of furan rings is 1. The van der Waals surface area contributed by atoms with Gasteiger partial charge in [-0.2, -0.15) is 13.2 Å². The van der Waals surface area contributed by atoms with Crippen LogP contribution in [0.3, 0.4) is 0 Å². The summed E-state index contributed by atoms with van der Waals surface area (Å²) >= 11 is 0. The number of aryl methyl sites for hydroxylation is 1. The van der Waals surface area contributed by atoms with Gasteiger partial charge in [0.1, 0.15) is 17.1 Å². The average Bonchev–Trinajstić information content (AvgIpc) is 2.81. The largest absolute Gasteiger partial charge is 0.465 e. The minimum absolute atomic E-state index is 0.127. The molecule has 1 N–H and O–H groups in total. The van der Waals surface area contributed by atoms with Crippen LogP contribution in [0.5, 0.6) is 0 Å². The molecule has 2 rings (SSSR count). The lowest BCUT2D eigenvalue weighted by Gasteiger charge is -2.10. The third-order valence-corrected chi connectivity index (χ3v) is 2.76. The first kappa shape index (κ1) is 14.9. The Kier molecular flexibility index (Phi) is 3.88. The molecule has 0 aliphatic heterocycles. The van der Waals surface area contributed by atoms with Crippen LogP contribution >= 0.6 is 0 Å². The lowest BCUT2D eigenvalue weighted by atomic mass is 10.1. The Balaban J connectivity index is 2.23. The number of rotatable bonds is 4. The molecular formula is C13H11F3N2O3. The Morgan fingerprint density at radius 3 is 2.52 bits per heavy atom. The quantitative estimate of drug-likeness (QED) is 0.681. The number of hydrogen-bond acceptors (Lipinski definition) is 4. The van der Waals surface area contributed by atoms with Crippen molar-refractivity contribution in [3.63, 3.8) is 0 Å². The Morgan fingerprint density at radius 1 is 1.29 bits per heavy atom. The van der Waals surface area contributed by atoms with Crippen molar-refractivity contribution in [2.24, 2.45) is 0 Å². The molecule has 1 aromatic carbocycles. The second kappa shape index (κ2) is 5.47. The minimum atomic E-state index is -4.79. The summed E-state index contributed by atoms with van der Waals surface area (Å²) < 4.78 is 43.7. The van der Waals surface area contributed by atoms with Crippen LogP contribution in [0.15, 0.2) is 34.7 Å². The first-order valence-electron chi connectivity index (χ1n) is 5.92. The molecule has 1 heterocycles. The number of nitrogens with one attached hydrogen (secondary N) is 1. The minimum Gasteiger partial charge on any atom is -0.465 e. The second-order valence-electron chi connectivity index (χ2n) is 4.35. The number of benzene rings is 1. The highest BCUT2D eigenvalue weighted by molar-refractivity contribution is 5.55. The molecule has 2 aromatic rings. The summed E-state index contributed by atoms with van der Waals surface area (Å²) in [5.41, 5.74) is -2.13. The lowest BCUT2D eigenvalue weighted by Crippen LogP contribution is -2.10. The third kappa shape index (κ3) is 3.53. The highest BCUT2D eigenvalue weighted by atomic mass is 19.4. The molecule has 21 heavy (non-hydrogen) atoms. The number of nitro benzene ring substituents is 1. The molecule has 0 spiro atoms. The standard InChI is InChI=1S/C13H11F3N2O3/c1-8-2-4-10(21-8)7-17-9-3-5-12(18(19)20)11(6-9)13(14,15)16/h2-6,17H,7H2,1H3. The average molecular weight is 300 g/mol. The zero-order valence-electron chi connectivity index (χ0n) is 10.9. The van der Waals surface area contributed by atoms with Crippen LogP contribution < -0.4 is 5.32 Å². The molecule has 1 aromatic heterocycles. The Hall–Kier alpha value is -2.51. The maximum atomic E-state index is 12.8. The number of nitro groups is 1. The van der Waals surface area contributed by atoms with E-state index in [0.29, 0.717) is 17.6 Å².